The SMILES string of the molecule is COc1cc2nc(C(Br)CC(C)C)cc(C#N)c2cc1-c1cnco1. The van der Waals surface area contributed by atoms with Crippen LogP contribution in [0.4, 0.5) is 0 Å². The lowest BCUT2D eigenvalue weighted by atomic mass is 10.0. The van der Waals surface area contributed by atoms with Crippen molar-refractivity contribution in [1.29, 1.82) is 5.26 Å². The third kappa shape index (κ3) is 3.52. The highest BCUT2D eigenvalue weighted by Crippen LogP contribution is 2.37. The molecule has 0 saturated heterocycles. The van der Waals surface area contributed by atoms with Crippen LogP contribution in [0.5, 0.6) is 5.75 Å². The van der Waals surface area contributed by atoms with Crippen LogP contribution in [0.25, 0.3) is 22.2 Å². The number of ether oxygens (including phenoxy) is 1. The number of nitriles is 1. The molecule has 0 spiro atoms. The van der Waals surface area contributed by atoms with Crippen LogP contribution in [0.2, 0.25) is 0 Å². The molecule has 1 unspecified atom stereocenters. The van der Waals surface area contributed by atoms with Crippen molar-refractivity contribution in [3.63, 3.8) is 0 Å². The zero-order chi connectivity index (χ0) is 18.0. The van der Waals surface area contributed by atoms with Crippen molar-refractivity contribution in [2.45, 2.75) is 25.1 Å². The first kappa shape index (κ1) is 17.4. The lowest BCUT2D eigenvalue weighted by molar-refractivity contribution is 0.415. The largest absolute Gasteiger partial charge is 0.496 e. The van der Waals surface area contributed by atoms with Crippen LogP contribution in [-0.4, -0.2) is 17.1 Å². The molecule has 0 amide bonds. The number of fused-ring (bicyclic) bond motifs is 1. The summed E-state index contributed by atoms with van der Waals surface area (Å²) in [4.78, 5) is 8.80. The molecular formula is C19H18BrN3O2. The van der Waals surface area contributed by atoms with E-state index in [9.17, 15) is 5.26 Å². The molecule has 0 aliphatic carbocycles. The monoisotopic (exact) mass is 399 g/mol. The minimum Gasteiger partial charge on any atom is -0.496 e. The van der Waals surface area contributed by atoms with Gasteiger partial charge in [-0.15, -0.1) is 0 Å². The molecule has 128 valence electrons. The number of aromatic nitrogens is 2. The fraction of sp³-hybridized carbons (Fsp3) is 0.316. The maximum Gasteiger partial charge on any atom is 0.181 e. The van der Waals surface area contributed by atoms with Gasteiger partial charge < -0.3 is 9.15 Å². The van der Waals surface area contributed by atoms with Crippen LogP contribution in [0, 0.1) is 17.2 Å². The van der Waals surface area contributed by atoms with E-state index >= 15 is 0 Å². The summed E-state index contributed by atoms with van der Waals surface area (Å²) in [5.41, 5.74) is 2.90. The topological polar surface area (TPSA) is 71.9 Å². The first-order valence-electron chi connectivity index (χ1n) is 7.99. The number of benzene rings is 1. The van der Waals surface area contributed by atoms with Gasteiger partial charge in [-0.25, -0.2) is 4.98 Å². The zero-order valence-electron chi connectivity index (χ0n) is 14.3. The van der Waals surface area contributed by atoms with E-state index in [1.807, 2.05) is 18.2 Å². The summed E-state index contributed by atoms with van der Waals surface area (Å²) in [7, 11) is 1.60. The quantitative estimate of drug-likeness (QED) is 0.547. The minimum absolute atomic E-state index is 0.101. The third-order valence-electron chi connectivity index (χ3n) is 3.97. The second-order valence-electron chi connectivity index (χ2n) is 6.24. The van der Waals surface area contributed by atoms with Gasteiger partial charge >= 0.3 is 0 Å². The number of methoxy groups -OCH3 is 1. The Labute approximate surface area is 154 Å². The summed E-state index contributed by atoms with van der Waals surface area (Å²) in [6.07, 6.45) is 3.93. The summed E-state index contributed by atoms with van der Waals surface area (Å²) in [6.45, 7) is 4.32. The number of pyridine rings is 1. The standard InChI is InChI=1S/C19H18BrN3O2/c1-11(2)4-15(20)17-5-12(8-21)13-6-14(19-9-22-10-25-19)18(24-3)7-16(13)23-17/h5-7,9-11,15H,4H2,1-3H3. The van der Waals surface area contributed by atoms with Crippen LogP contribution in [0.15, 0.2) is 35.2 Å². The number of halogens is 1. The van der Waals surface area contributed by atoms with Crippen LogP contribution >= 0.6 is 15.9 Å². The van der Waals surface area contributed by atoms with Gasteiger partial charge in [0.05, 0.1) is 46.5 Å². The summed E-state index contributed by atoms with van der Waals surface area (Å²) >= 11 is 3.69. The van der Waals surface area contributed by atoms with E-state index < -0.39 is 0 Å². The van der Waals surface area contributed by atoms with Gasteiger partial charge in [0.2, 0.25) is 0 Å². The first-order chi connectivity index (χ1) is 12.0. The first-order valence-corrected chi connectivity index (χ1v) is 8.90. The highest BCUT2D eigenvalue weighted by Gasteiger charge is 2.18. The predicted molar refractivity (Wildman–Crippen MR) is 99.6 cm³/mol. The predicted octanol–water partition coefficient (Wildman–Crippen LogP) is 5.25. The van der Waals surface area contributed by atoms with Crippen molar-refractivity contribution >= 4 is 26.8 Å². The van der Waals surface area contributed by atoms with Crippen molar-refractivity contribution in [1.82, 2.24) is 9.97 Å². The molecule has 2 heterocycles. The molecule has 0 fully saturated rings. The van der Waals surface area contributed by atoms with E-state index in [-0.39, 0.29) is 4.83 Å². The smallest absolute Gasteiger partial charge is 0.181 e. The maximum atomic E-state index is 9.61. The molecule has 6 heteroatoms. The number of hydrogen-bond acceptors (Lipinski definition) is 5. The lowest BCUT2D eigenvalue weighted by Gasteiger charge is -2.14. The highest BCUT2D eigenvalue weighted by molar-refractivity contribution is 9.09. The van der Waals surface area contributed by atoms with Crippen molar-refractivity contribution < 1.29 is 9.15 Å². The van der Waals surface area contributed by atoms with Crippen molar-refractivity contribution in [3.05, 3.63) is 42.0 Å². The van der Waals surface area contributed by atoms with Gasteiger partial charge in [-0.3, -0.25) is 4.98 Å². The fourth-order valence-corrected chi connectivity index (χ4v) is 3.75. The van der Waals surface area contributed by atoms with Gasteiger partial charge in [-0.1, -0.05) is 29.8 Å². The number of oxazole rings is 1. The molecule has 0 bridgehead atoms. The molecule has 0 saturated carbocycles. The molecule has 3 aromatic rings. The number of rotatable bonds is 5. The van der Waals surface area contributed by atoms with Gasteiger partial charge in [0.15, 0.2) is 12.2 Å². The molecule has 2 aromatic heterocycles. The lowest BCUT2D eigenvalue weighted by Crippen LogP contribution is -2.01. The molecule has 1 atom stereocenters. The van der Waals surface area contributed by atoms with E-state index in [0.717, 1.165) is 28.6 Å². The Morgan fingerprint density at radius 2 is 2.12 bits per heavy atom. The molecule has 0 radical (unpaired) electrons. The van der Waals surface area contributed by atoms with E-state index in [1.165, 1.54) is 6.39 Å². The molecule has 0 aliphatic rings. The average molecular weight is 400 g/mol. The summed E-state index contributed by atoms with van der Waals surface area (Å²) < 4.78 is 10.9. The van der Waals surface area contributed by atoms with Gasteiger partial charge in [-0.05, 0) is 24.5 Å². The van der Waals surface area contributed by atoms with Gasteiger partial charge in [-0.2, -0.15) is 5.26 Å². The summed E-state index contributed by atoms with van der Waals surface area (Å²) in [5.74, 6) is 1.74. The van der Waals surface area contributed by atoms with Crippen molar-refractivity contribution in [2.75, 3.05) is 7.11 Å². The number of alkyl halides is 1. The highest BCUT2D eigenvalue weighted by atomic mass is 79.9. The van der Waals surface area contributed by atoms with Crippen molar-refractivity contribution in [3.8, 4) is 23.1 Å². The van der Waals surface area contributed by atoms with Crippen LogP contribution < -0.4 is 4.74 Å². The Hall–Kier alpha value is -2.39. The van der Waals surface area contributed by atoms with Crippen molar-refractivity contribution in [2.24, 2.45) is 5.92 Å². The minimum atomic E-state index is 0.101. The molecule has 0 aliphatic heterocycles. The van der Waals surface area contributed by atoms with E-state index in [4.69, 9.17) is 14.1 Å². The second-order valence-corrected chi connectivity index (χ2v) is 7.34. The third-order valence-corrected chi connectivity index (χ3v) is 4.81. The molecule has 1 aromatic carbocycles. The van der Waals surface area contributed by atoms with Crippen LogP contribution in [-0.2, 0) is 0 Å². The summed E-state index contributed by atoms with van der Waals surface area (Å²) in [6, 6.07) is 7.84. The molecule has 5 nitrogen and oxygen atoms in total. The van der Waals surface area contributed by atoms with Gasteiger partial charge in [0.1, 0.15) is 5.75 Å². The Balaban J connectivity index is 2.19. The Morgan fingerprint density at radius 1 is 1.32 bits per heavy atom. The Bertz CT molecular complexity index is 930. The molecule has 25 heavy (non-hydrogen) atoms. The van der Waals surface area contributed by atoms with E-state index in [2.05, 4.69) is 40.8 Å². The average Bonchev–Trinajstić information content (AvgIpc) is 3.13. The van der Waals surface area contributed by atoms with Gasteiger partial charge in [0, 0.05) is 11.5 Å². The van der Waals surface area contributed by atoms with Crippen LogP contribution in [0.1, 0.15) is 36.4 Å². The van der Waals surface area contributed by atoms with E-state index in [1.54, 1.807) is 13.3 Å². The Morgan fingerprint density at radius 3 is 2.72 bits per heavy atom. The zero-order valence-corrected chi connectivity index (χ0v) is 15.9. The second kappa shape index (κ2) is 7.24. The van der Waals surface area contributed by atoms with E-state index in [0.29, 0.717) is 23.0 Å². The molecule has 0 N–H and O–H groups in total. The maximum absolute atomic E-state index is 9.61. The summed E-state index contributed by atoms with van der Waals surface area (Å²) in [5, 5.41) is 10.4. The number of hydrogen-bond donors (Lipinski definition) is 0. The Kier molecular flexibility index (Phi) is 5.05. The number of nitrogens with zero attached hydrogens (tertiary/aromatic N) is 3. The van der Waals surface area contributed by atoms with Crippen LogP contribution in [0.3, 0.4) is 0 Å². The molecular weight excluding hydrogens is 382 g/mol. The fourth-order valence-electron chi connectivity index (χ4n) is 2.77. The normalized spacial score (nSPS) is 12.3. The molecule has 3 rings (SSSR count). The van der Waals surface area contributed by atoms with Gasteiger partial charge in [0.25, 0.3) is 0 Å².